The Labute approximate surface area is 271 Å². The number of amides is 2. The molecule has 0 aliphatic carbocycles. The Balaban J connectivity index is 0.000000520. The minimum Gasteiger partial charge on any atom is -0.479 e. The summed E-state index contributed by atoms with van der Waals surface area (Å²) in [5, 5.41) is 41.2. The third kappa shape index (κ3) is 9.19. The van der Waals surface area contributed by atoms with E-state index in [-0.39, 0.29) is 19.1 Å². The van der Waals surface area contributed by atoms with Gasteiger partial charge in [0.05, 0.1) is 24.5 Å². The lowest BCUT2D eigenvalue weighted by atomic mass is 9.73. The van der Waals surface area contributed by atoms with Gasteiger partial charge in [-0.15, -0.1) is 0 Å². The molecule has 4 rings (SSSR count). The number of carboxylic acid groups (broad SMARTS) is 2. The fourth-order valence-electron chi connectivity index (χ4n) is 5.21. The van der Waals surface area contributed by atoms with Gasteiger partial charge in [-0.1, -0.05) is 48.5 Å². The molecule has 1 saturated heterocycles. The van der Waals surface area contributed by atoms with Gasteiger partial charge in [-0.3, -0.25) is 9.59 Å². The number of aliphatic carboxylic acids is 2. The van der Waals surface area contributed by atoms with Crippen LogP contribution < -0.4 is 16.0 Å². The highest BCUT2D eigenvalue weighted by Crippen LogP contribution is 2.40. The molecule has 2 aromatic rings. The van der Waals surface area contributed by atoms with Crippen LogP contribution in [0.3, 0.4) is 0 Å². The molecule has 4 atom stereocenters. The number of nitrogens with zero attached hydrogens (tertiary/aromatic N) is 3. The number of piperidine rings is 1. The second-order valence-electron chi connectivity index (χ2n) is 11.9. The van der Waals surface area contributed by atoms with Crippen LogP contribution in [-0.4, -0.2) is 112 Å². The summed E-state index contributed by atoms with van der Waals surface area (Å²) in [6.07, 6.45) is -2.61. The van der Waals surface area contributed by atoms with E-state index in [1.54, 1.807) is 20.9 Å². The quantitative estimate of drug-likeness (QED) is 0.154. The lowest BCUT2D eigenvalue weighted by molar-refractivity contribution is -0.165. The molecule has 0 bridgehead atoms. The van der Waals surface area contributed by atoms with Crippen LogP contribution >= 0.6 is 0 Å². The van der Waals surface area contributed by atoms with E-state index >= 15 is 0 Å². The number of hydrogen-bond acceptors (Lipinski definition) is 11. The van der Waals surface area contributed by atoms with Gasteiger partial charge in [-0.05, 0) is 31.9 Å². The molecule has 47 heavy (non-hydrogen) atoms. The van der Waals surface area contributed by atoms with E-state index in [1.807, 2.05) is 54.6 Å². The summed E-state index contributed by atoms with van der Waals surface area (Å²) in [5.74, 6) is -3.95. The Morgan fingerprint density at radius 1 is 1.06 bits per heavy atom. The molecule has 2 unspecified atom stereocenters. The van der Waals surface area contributed by atoms with Crippen LogP contribution in [0.25, 0.3) is 0 Å². The monoisotopic (exact) mass is 655 g/mol. The minimum absolute atomic E-state index is 0.0113. The van der Waals surface area contributed by atoms with Crippen molar-refractivity contribution in [3.05, 3.63) is 65.7 Å². The van der Waals surface area contributed by atoms with Crippen molar-refractivity contribution in [3.63, 3.8) is 0 Å². The van der Waals surface area contributed by atoms with Crippen molar-refractivity contribution in [3.8, 4) is 0 Å². The molecule has 0 aromatic heterocycles. The molecule has 2 aromatic carbocycles. The number of aliphatic hydroxyl groups excluding tert-OH is 2. The van der Waals surface area contributed by atoms with Crippen molar-refractivity contribution in [2.75, 3.05) is 31.6 Å². The van der Waals surface area contributed by atoms with Gasteiger partial charge in [0.25, 0.3) is 5.91 Å². The predicted molar refractivity (Wildman–Crippen MR) is 169 cm³/mol. The number of carbonyl (C=O) groups excluding carboxylic acids is 3. The van der Waals surface area contributed by atoms with Gasteiger partial charge in [-0.25, -0.2) is 14.6 Å². The van der Waals surface area contributed by atoms with Crippen molar-refractivity contribution in [1.29, 1.82) is 0 Å². The van der Waals surface area contributed by atoms with E-state index in [2.05, 4.69) is 15.3 Å². The van der Waals surface area contributed by atoms with E-state index in [4.69, 9.17) is 30.9 Å². The normalized spacial score (nSPS) is 19.4. The Morgan fingerprint density at radius 3 is 2.23 bits per heavy atom. The van der Waals surface area contributed by atoms with Crippen molar-refractivity contribution >= 4 is 41.4 Å². The first-order valence-corrected chi connectivity index (χ1v) is 14.8. The second kappa shape index (κ2) is 15.7. The van der Waals surface area contributed by atoms with Crippen molar-refractivity contribution < 1.29 is 49.1 Å². The van der Waals surface area contributed by atoms with Crippen molar-refractivity contribution in [1.82, 2.24) is 10.3 Å². The Morgan fingerprint density at radius 2 is 1.66 bits per heavy atom. The Hall–Kier alpha value is -4.70. The Bertz CT molecular complexity index is 1460. The number of carboxylic acids is 2. The zero-order valence-electron chi connectivity index (χ0n) is 26.4. The number of rotatable bonds is 13. The summed E-state index contributed by atoms with van der Waals surface area (Å²) in [6.45, 7) is 4.67. The first-order valence-electron chi connectivity index (χ1n) is 14.8. The molecule has 15 nitrogen and oxygen atoms in total. The fourth-order valence-corrected chi connectivity index (χ4v) is 5.21. The summed E-state index contributed by atoms with van der Waals surface area (Å²) < 4.78 is 5.85. The van der Waals surface area contributed by atoms with Gasteiger partial charge >= 0.3 is 11.9 Å². The molecule has 254 valence electrons. The molecule has 7 N–H and O–H groups in total. The van der Waals surface area contributed by atoms with Gasteiger partial charge in [0, 0.05) is 37.8 Å². The number of para-hydroxylation sites is 1. The van der Waals surface area contributed by atoms with E-state index in [9.17, 15) is 24.0 Å². The summed E-state index contributed by atoms with van der Waals surface area (Å²) in [7, 11) is 1.72. The van der Waals surface area contributed by atoms with E-state index < -0.39 is 47.0 Å². The lowest BCUT2D eigenvalue weighted by Crippen LogP contribution is -2.54. The number of aldehydes is 1. The van der Waals surface area contributed by atoms with Crippen LogP contribution in [0.1, 0.15) is 31.4 Å². The number of benzene rings is 2. The highest BCUT2D eigenvalue weighted by molar-refractivity contribution is 6.13. The number of hydrazone groups is 1. The number of ether oxygens (including phenoxy) is 1. The first-order chi connectivity index (χ1) is 22.1. The molecule has 0 saturated carbocycles. The average Bonchev–Trinajstić information content (AvgIpc) is 3.28. The maximum Gasteiger partial charge on any atom is 0.335 e. The number of aliphatic hydroxyl groups is 2. The highest BCUT2D eigenvalue weighted by Gasteiger charge is 2.52. The van der Waals surface area contributed by atoms with Crippen molar-refractivity contribution in [2.24, 2.45) is 16.3 Å². The van der Waals surface area contributed by atoms with Gasteiger partial charge < -0.3 is 45.9 Å². The molecule has 1 fully saturated rings. The van der Waals surface area contributed by atoms with Gasteiger partial charge in [0.1, 0.15) is 17.7 Å². The van der Waals surface area contributed by atoms with Gasteiger partial charge in [0.15, 0.2) is 12.2 Å². The van der Waals surface area contributed by atoms with Crippen LogP contribution in [0.4, 0.5) is 5.69 Å². The summed E-state index contributed by atoms with van der Waals surface area (Å²) in [6, 6.07) is 17.1. The molecule has 0 spiro atoms. The Kier molecular flexibility index (Phi) is 12.3. The first kappa shape index (κ1) is 36.8. The fraction of sp³-hybridized carbons (Fsp3) is 0.438. The van der Waals surface area contributed by atoms with Crippen LogP contribution in [0.5, 0.6) is 0 Å². The lowest BCUT2D eigenvalue weighted by Gasteiger charge is -2.41. The average molecular weight is 656 g/mol. The number of carbonyl (C=O) groups is 5. The van der Waals surface area contributed by atoms with Crippen LogP contribution in [0.2, 0.25) is 0 Å². The topological polar surface area (TPSA) is 232 Å². The maximum absolute atomic E-state index is 13.4. The number of anilines is 1. The zero-order valence-corrected chi connectivity index (χ0v) is 26.4. The van der Waals surface area contributed by atoms with Gasteiger partial charge in [0.2, 0.25) is 5.91 Å². The van der Waals surface area contributed by atoms with E-state index in [0.29, 0.717) is 25.7 Å². The van der Waals surface area contributed by atoms with E-state index in [0.717, 1.165) is 29.1 Å². The third-order valence-corrected chi connectivity index (χ3v) is 7.71. The second-order valence-corrected chi connectivity index (χ2v) is 11.9. The summed E-state index contributed by atoms with van der Waals surface area (Å²) in [4.78, 5) is 58.8. The molecule has 2 heterocycles. The predicted octanol–water partition coefficient (Wildman–Crippen LogP) is -0.231. The maximum atomic E-state index is 13.4. The standard InChI is InChI=1S/C28H35N5O4.C4H6O6/c1-27(2,29)25(35)30-22(16-34)18-37-17-21-11-7-8-12-23(21)33-14-13-24-28(19-33,26(36)32(3)31-24)15-20-9-5-4-6-10-20;5-1(3(7)8)2(6)4(9)10/h4-12,16,22H,13-15,17-19,29H2,1-3H3,(H,30,35);1-2,5-6H,(H,7,8)(H,9,10)/t22-,28+;/m0./s1. The molecule has 0 radical (unpaired) electrons. The largest absolute Gasteiger partial charge is 0.479 e. The molecule has 2 aliphatic rings. The number of hydrogen-bond donors (Lipinski definition) is 6. The molecular weight excluding hydrogens is 614 g/mol. The number of fused-ring (bicyclic) bond motifs is 1. The smallest absolute Gasteiger partial charge is 0.335 e. The molecule has 2 aliphatic heterocycles. The highest BCUT2D eigenvalue weighted by atomic mass is 16.5. The minimum atomic E-state index is -2.27. The summed E-state index contributed by atoms with van der Waals surface area (Å²) in [5.41, 5.74) is 7.94. The zero-order chi connectivity index (χ0) is 34.9. The van der Waals surface area contributed by atoms with Crippen LogP contribution in [0.15, 0.2) is 59.7 Å². The molecule has 15 heteroatoms. The summed E-state index contributed by atoms with van der Waals surface area (Å²) >= 11 is 0. The number of nitrogens with two attached hydrogens (primary N) is 1. The molecule has 2 amide bonds. The van der Waals surface area contributed by atoms with E-state index in [1.165, 1.54) is 5.01 Å². The third-order valence-electron chi connectivity index (χ3n) is 7.71. The van der Waals surface area contributed by atoms with Gasteiger partial charge in [-0.2, -0.15) is 5.10 Å². The number of nitrogens with one attached hydrogen (secondary N) is 1. The molecular formula is C32H41N5O10. The van der Waals surface area contributed by atoms with Crippen LogP contribution in [0, 0.1) is 5.41 Å². The SMILES string of the molecule is CN1N=C2CCN(c3ccccc3COC[C@H](C=O)NC(=O)C(C)(C)N)C[C@@]2(Cc2ccccc2)C1=O.O=C(O)C(O)C(O)C(=O)O. The van der Waals surface area contributed by atoms with Crippen LogP contribution in [-0.2, 0) is 41.7 Å². The van der Waals surface area contributed by atoms with Crippen molar-refractivity contribution in [2.45, 2.75) is 57.1 Å².